The molecule has 4 aromatic carbocycles. The van der Waals surface area contributed by atoms with E-state index >= 15 is 0 Å². The van der Waals surface area contributed by atoms with Gasteiger partial charge in [0.05, 0.1) is 17.3 Å². The highest BCUT2D eigenvalue weighted by molar-refractivity contribution is 6.01. The Hall–Kier alpha value is -6.12. The van der Waals surface area contributed by atoms with Crippen molar-refractivity contribution in [2.45, 2.75) is 19.4 Å². The molecule has 232 valence electrons. The van der Waals surface area contributed by atoms with Gasteiger partial charge in [-0.2, -0.15) is 5.26 Å². The Morgan fingerprint density at radius 1 is 0.935 bits per heavy atom. The second kappa shape index (κ2) is 14.1. The SMILES string of the molecule is CN(C)C(=O)c1cccc(OC2=C(N)C(Cc3ccccc3)=NC(Oc3cc(C#N)ccc3C(=O)OCc3ccccc3)N2N)c1. The summed E-state index contributed by atoms with van der Waals surface area (Å²) < 4.78 is 17.9. The zero-order valence-electron chi connectivity index (χ0n) is 25.3. The molecule has 0 aromatic heterocycles. The minimum atomic E-state index is -1.26. The molecular weight excluding hydrogens is 584 g/mol. The molecule has 4 N–H and O–H groups in total. The first-order valence-electron chi connectivity index (χ1n) is 14.3. The van der Waals surface area contributed by atoms with Crippen LogP contribution in [-0.4, -0.2) is 47.9 Å². The summed E-state index contributed by atoms with van der Waals surface area (Å²) >= 11 is 0. The number of carbonyl (C=O) groups excluding carboxylic acids is 2. The van der Waals surface area contributed by atoms with E-state index < -0.39 is 12.3 Å². The van der Waals surface area contributed by atoms with Gasteiger partial charge in [-0.3, -0.25) is 4.79 Å². The Bertz CT molecular complexity index is 1830. The Morgan fingerprint density at radius 2 is 1.63 bits per heavy atom. The number of amides is 1. The van der Waals surface area contributed by atoms with Crippen molar-refractivity contribution in [2.75, 3.05) is 14.1 Å². The lowest BCUT2D eigenvalue weighted by Gasteiger charge is -2.33. The maximum absolute atomic E-state index is 13.2. The van der Waals surface area contributed by atoms with Gasteiger partial charge in [-0.1, -0.05) is 66.7 Å². The van der Waals surface area contributed by atoms with E-state index in [2.05, 4.69) is 11.1 Å². The number of ether oxygens (including phenoxy) is 3. The molecule has 0 fully saturated rings. The van der Waals surface area contributed by atoms with Crippen LogP contribution in [0.15, 0.2) is 120 Å². The van der Waals surface area contributed by atoms with Crippen molar-refractivity contribution in [2.24, 2.45) is 16.6 Å². The standard InChI is InChI=1S/C35H32N6O5/c1-40(2)32(42)26-14-9-15-27(20-26)45-33-31(37)29(18-23-10-5-3-6-11-23)39-35(41(33)38)46-30-19-25(21-36)16-17-28(30)34(43)44-22-24-12-7-4-8-13-24/h3-17,19-20,35H,18,22,37-38H2,1-2H3. The van der Waals surface area contributed by atoms with Crippen LogP contribution in [0.3, 0.4) is 0 Å². The van der Waals surface area contributed by atoms with Gasteiger partial charge in [-0.05, 0) is 47.5 Å². The van der Waals surface area contributed by atoms with Crippen molar-refractivity contribution >= 4 is 17.6 Å². The summed E-state index contributed by atoms with van der Waals surface area (Å²) in [6.45, 7) is 0.0393. The van der Waals surface area contributed by atoms with Gasteiger partial charge >= 0.3 is 5.97 Å². The molecule has 1 aliphatic heterocycles. The minimum Gasteiger partial charge on any atom is -0.457 e. The second-order valence-electron chi connectivity index (χ2n) is 10.5. The number of nitrogens with zero attached hydrogens (tertiary/aromatic N) is 4. The molecule has 1 heterocycles. The van der Waals surface area contributed by atoms with E-state index in [0.29, 0.717) is 23.4 Å². The predicted molar refractivity (Wildman–Crippen MR) is 171 cm³/mol. The molecule has 0 bridgehead atoms. The summed E-state index contributed by atoms with van der Waals surface area (Å²) in [6, 6.07) is 31.8. The smallest absolute Gasteiger partial charge is 0.342 e. The number of nitrogens with two attached hydrogens (primary N) is 2. The van der Waals surface area contributed by atoms with Crippen LogP contribution in [0.1, 0.15) is 37.4 Å². The Labute approximate surface area is 266 Å². The summed E-state index contributed by atoms with van der Waals surface area (Å²) in [4.78, 5) is 31.9. The largest absolute Gasteiger partial charge is 0.457 e. The fourth-order valence-corrected chi connectivity index (χ4v) is 4.58. The van der Waals surface area contributed by atoms with Gasteiger partial charge in [0.15, 0.2) is 0 Å². The van der Waals surface area contributed by atoms with Crippen molar-refractivity contribution < 1.29 is 23.8 Å². The van der Waals surface area contributed by atoms with Crippen molar-refractivity contribution in [1.29, 1.82) is 5.26 Å². The maximum Gasteiger partial charge on any atom is 0.342 e. The average Bonchev–Trinajstić information content (AvgIpc) is 3.08. The molecule has 5 rings (SSSR count). The Balaban J connectivity index is 1.48. The summed E-state index contributed by atoms with van der Waals surface area (Å²) in [5.74, 6) is 6.00. The number of carbonyl (C=O) groups is 2. The molecule has 0 spiro atoms. The van der Waals surface area contributed by atoms with Gasteiger partial charge in [-0.15, -0.1) is 0 Å². The van der Waals surface area contributed by atoms with Gasteiger partial charge in [-0.25, -0.2) is 20.6 Å². The van der Waals surface area contributed by atoms with Crippen LogP contribution in [0.5, 0.6) is 11.5 Å². The van der Waals surface area contributed by atoms with E-state index in [4.69, 9.17) is 25.8 Å². The minimum absolute atomic E-state index is 0.0185. The zero-order chi connectivity index (χ0) is 32.6. The van der Waals surface area contributed by atoms with Gasteiger partial charge in [0.25, 0.3) is 12.3 Å². The van der Waals surface area contributed by atoms with Crippen molar-refractivity contribution in [3.63, 3.8) is 0 Å². The zero-order valence-corrected chi connectivity index (χ0v) is 25.3. The number of benzene rings is 4. The maximum atomic E-state index is 13.2. The average molecular weight is 617 g/mol. The Morgan fingerprint density at radius 3 is 2.30 bits per heavy atom. The lowest BCUT2D eigenvalue weighted by atomic mass is 10.1. The molecule has 1 aliphatic rings. The molecule has 0 aliphatic carbocycles. The van der Waals surface area contributed by atoms with Crippen molar-refractivity contribution in [3.8, 4) is 17.6 Å². The number of nitriles is 1. The summed E-state index contributed by atoms with van der Waals surface area (Å²) in [7, 11) is 3.31. The second-order valence-corrected chi connectivity index (χ2v) is 10.5. The molecule has 0 saturated carbocycles. The van der Waals surface area contributed by atoms with Gasteiger partial charge in [0.1, 0.15) is 29.4 Å². The first kappa shape index (κ1) is 31.3. The van der Waals surface area contributed by atoms with Gasteiger partial charge < -0.3 is 24.8 Å². The summed E-state index contributed by atoms with van der Waals surface area (Å²) in [5, 5.41) is 10.7. The third kappa shape index (κ3) is 7.32. The molecule has 11 heteroatoms. The van der Waals surface area contributed by atoms with Crippen LogP contribution in [0.2, 0.25) is 0 Å². The molecule has 0 saturated heterocycles. The number of hydrogen-bond acceptors (Lipinski definition) is 10. The van der Waals surface area contributed by atoms with E-state index in [1.54, 1.807) is 38.4 Å². The van der Waals surface area contributed by atoms with E-state index in [1.165, 1.54) is 23.1 Å². The first-order chi connectivity index (χ1) is 22.2. The van der Waals surface area contributed by atoms with Crippen molar-refractivity contribution in [1.82, 2.24) is 9.91 Å². The highest BCUT2D eigenvalue weighted by atomic mass is 16.6. The third-order valence-electron chi connectivity index (χ3n) is 6.97. The normalized spacial score (nSPS) is 14.2. The quantitative estimate of drug-likeness (QED) is 0.195. The van der Waals surface area contributed by atoms with E-state index in [1.807, 2.05) is 60.7 Å². The number of allylic oxidation sites excluding steroid dienone is 1. The predicted octanol–water partition coefficient (Wildman–Crippen LogP) is 4.36. The van der Waals surface area contributed by atoms with Crippen LogP contribution in [0, 0.1) is 11.3 Å². The molecular formula is C35H32N6O5. The Kier molecular flexibility index (Phi) is 9.60. The highest BCUT2D eigenvalue weighted by Gasteiger charge is 2.32. The molecule has 1 unspecified atom stereocenters. The monoisotopic (exact) mass is 616 g/mol. The molecule has 11 nitrogen and oxygen atoms in total. The van der Waals surface area contributed by atoms with Gasteiger partial charge in [0, 0.05) is 26.1 Å². The van der Waals surface area contributed by atoms with Crippen LogP contribution < -0.4 is 21.1 Å². The van der Waals surface area contributed by atoms with Crippen molar-refractivity contribution in [3.05, 3.63) is 143 Å². The highest BCUT2D eigenvalue weighted by Crippen LogP contribution is 2.29. The number of esters is 1. The lowest BCUT2D eigenvalue weighted by Crippen LogP contribution is -2.49. The number of rotatable bonds is 10. The number of hydrogen-bond donors (Lipinski definition) is 2. The van der Waals surface area contributed by atoms with Crippen LogP contribution in [-0.2, 0) is 17.8 Å². The third-order valence-corrected chi connectivity index (χ3v) is 6.97. The van der Waals surface area contributed by atoms with Crippen LogP contribution in [0.25, 0.3) is 0 Å². The van der Waals surface area contributed by atoms with Crippen LogP contribution >= 0.6 is 0 Å². The molecule has 1 amide bonds. The van der Waals surface area contributed by atoms with E-state index in [9.17, 15) is 14.9 Å². The van der Waals surface area contributed by atoms with Crippen LogP contribution in [0.4, 0.5) is 0 Å². The van der Waals surface area contributed by atoms with E-state index in [0.717, 1.165) is 16.1 Å². The molecule has 1 atom stereocenters. The molecule has 0 radical (unpaired) electrons. The van der Waals surface area contributed by atoms with E-state index in [-0.39, 0.29) is 41.0 Å². The fourth-order valence-electron chi connectivity index (χ4n) is 4.58. The molecule has 46 heavy (non-hydrogen) atoms. The summed E-state index contributed by atoms with van der Waals surface area (Å²) in [6.07, 6.45) is -0.946. The first-order valence-corrected chi connectivity index (χ1v) is 14.3. The molecule has 4 aromatic rings. The summed E-state index contributed by atoms with van der Waals surface area (Å²) in [5.41, 5.74) is 9.60. The topological polar surface area (TPSA) is 156 Å². The van der Waals surface area contributed by atoms with Gasteiger partial charge in [0.2, 0.25) is 5.88 Å². The number of aliphatic imine (C=N–C) groups is 1. The fraction of sp³-hybridized carbons (Fsp3) is 0.143. The number of hydrazine groups is 1. The lowest BCUT2D eigenvalue weighted by molar-refractivity contribution is 0.0202.